The molecular formula is C17H32O2. The number of aliphatic hydroxyl groups is 2. The highest BCUT2D eigenvalue weighted by Gasteiger charge is 2.34. The van der Waals surface area contributed by atoms with Crippen LogP contribution < -0.4 is 0 Å². The Balaban J connectivity index is 1.95. The summed E-state index contributed by atoms with van der Waals surface area (Å²) in [4.78, 5) is 0. The van der Waals surface area contributed by atoms with Crippen molar-refractivity contribution >= 4 is 0 Å². The Morgan fingerprint density at radius 1 is 0.737 bits per heavy atom. The van der Waals surface area contributed by atoms with Gasteiger partial charge in [0, 0.05) is 0 Å². The zero-order valence-corrected chi connectivity index (χ0v) is 12.7. The summed E-state index contributed by atoms with van der Waals surface area (Å²) in [5.74, 6) is 3.25. The molecule has 2 aliphatic rings. The van der Waals surface area contributed by atoms with E-state index in [1.807, 2.05) is 0 Å². The molecule has 0 aromatic rings. The van der Waals surface area contributed by atoms with Crippen LogP contribution in [0.2, 0.25) is 0 Å². The van der Waals surface area contributed by atoms with E-state index >= 15 is 0 Å². The second kappa shape index (κ2) is 7.08. The van der Waals surface area contributed by atoms with E-state index in [0.29, 0.717) is 0 Å². The predicted octanol–water partition coefficient (Wildman–Crippen LogP) is 3.75. The van der Waals surface area contributed by atoms with E-state index < -0.39 is 0 Å². The molecule has 2 N–H and O–H groups in total. The Bertz CT molecular complexity index is 226. The van der Waals surface area contributed by atoms with Gasteiger partial charge in [-0.1, -0.05) is 13.8 Å². The standard InChI is InChI=1S/C17H32O2/c1-12(2)11-17(13-3-7-15(18)8-4-13)14-5-9-16(19)10-6-14/h12-19H,3-11H2,1-2H3. The van der Waals surface area contributed by atoms with Crippen molar-refractivity contribution in [1.82, 2.24) is 0 Å². The summed E-state index contributed by atoms with van der Waals surface area (Å²) in [7, 11) is 0. The van der Waals surface area contributed by atoms with Crippen molar-refractivity contribution in [2.45, 2.75) is 83.8 Å². The molecule has 19 heavy (non-hydrogen) atoms. The molecule has 0 unspecified atom stereocenters. The van der Waals surface area contributed by atoms with Gasteiger partial charge in [-0.05, 0) is 81.5 Å². The molecule has 0 amide bonds. The van der Waals surface area contributed by atoms with Crippen molar-refractivity contribution in [1.29, 1.82) is 0 Å². The zero-order valence-electron chi connectivity index (χ0n) is 12.7. The van der Waals surface area contributed by atoms with Gasteiger partial charge in [-0.15, -0.1) is 0 Å². The number of hydrogen-bond acceptors (Lipinski definition) is 2. The highest BCUT2D eigenvalue weighted by Crippen LogP contribution is 2.42. The van der Waals surface area contributed by atoms with E-state index in [2.05, 4.69) is 13.8 Å². The number of hydrogen-bond donors (Lipinski definition) is 2. The van der Waals surface area contributed by atoms with Gasteiger partial charge < -0.3 is 10.2 Å². The van der Waals surface area contributed by atoms with Gasteiger partial charge in [0.15, 0.2) is 0 Å². The number of aliphatic hydroxyl groups excluding tert-OH is 2. The molecule has 0 aromatic carbocycles. The predicted molar refractivity (Wildman–Crippen MR) is 78.9 cm³/mol. The summed E-state index contributed by atoms with van der Waals surface area (Å²) < 4.78 is 0. The Morgan fingerprint density at radius 2 is 1.11 bits per heavy atom. The van der Waals surface area contributed by atoms with Gasteiger partial charge in [-0.3, -0.25) is 0 Å². The lowest BCUT2D eigenvalue weighted by molar-refractivity contribution is 0.0388. The van der Waals surface area contributed by atoms with Crippen LogP contribution in [0.25, 0.3) is 0 Å². The van der Waals surface area contributed by atoms with Crippen LogP contribution in [0.3, 0.4) is 0 Å². The quantitative estimate of drug-likeness (QED) is 0.815. The third kappa shape index (κ3) is 4.46. The molecule has 2 saturated carbocycles. The first kappa shape index (κ1) is 15.3. The molecule has 0 heterocycles. The molecule has 0 bridgehead atoms. The van der Waals surface area contributed by atoms with Crippen molar-refractivity contribution < 1.29 is 10.2 Å². The van der Waals surface area contributed by atoms with Gasteiger partial charge in [0.2, 0.25) is 0 Å². The van der Waals surface area contributed by atoms with Crippen molar-refractivity contribution in [3.8, 4) is 0 Å². The largest absolute Gasteiger partial charge is 0.393 e. The average molecular weight is 268 g/mol. The van der Waals surface area contributed by atoms with Crippen LogP contribution in [0.1, 0.15) is 71.6 Å². The van der Waals surface area contributed by atoms with E-state index in [1.165, 1.54) is 32.1 Å². The summed E-state index contributed by atoms with van der Waals surface area (Å²) in [6, 6.07) is 0. The fourth-order valence-corrected chi connectivity index (χ4v) is 4.37. The highest BCUT2D eigenvalue weighted by molar-refractivity contribution is 4.85. The molecule has 0 aromatic heterocycles. The van der Waals surface area contributed by atoms with Crippen molar-refractivity contribution in [3.63, 3.8) is 0 Å². The normalized spacial score (nSPS) is 38.4. The third-order valence-electron chi connectivity index (χ3n) is 5.44. The molecule has 2 heteroatoms. The molecule has 2 fully saturated rings. The Kier molecular flexibility index (Phi) is 5.70. The lowest BCUT2D eigenvalue weighted by atomic mass is 9.66. The van der Waals surface area contributed by atoms with E-state index in [9.17, 15) is 10.2 Å². The maximum Gasteiger partial charge on any atom is 0.0540 e. The summed E-state index contributed by atoms with van der Waals surface area (Å²) in [5, 5.41) is 19.4. The summed E-state index contributed by atoms with van der Waals surface area (Å²) in [5.41, 5.74) is 0. The third-order valence-corrected chi connectivity index (χ3v) is 5.44. The van der Waals surface area contributed by atoms with Gasteiger partial charge in [0.05, 0.1) is 12.2 Å². The molecule has 0 radical (unpaired) electrons. The van der Waals surface area contributed by atoms with Crippen molar-refractivity contribution in [2.24, 2.45) is 23.7 Å². The minimum Gasteiger partial charge on any atom is -0.393 e. The van der Waals surface area contributed by atoms with Gasteiger partial charge in [-0.25, -0.2) is 0 Å². The second-order valence-electron chi connectivity index (χ2n) is 7.43. The lowest BCUT2D eigenvalue weighted by Crippen LogP contribution is -2.33. The molecule has 2 nitrogen and oxygen atoms in total. The fourth-order valence-electron chi connectivity index (χ4n) is 4.37. The van der Waals surface area contributed by atoms with E-state index in [4.69, 9.17) is 0 Å². The van der Waals surface area contributed by atoms with Gasteiger partial charge in [0.1, 0.15) is 0 Å². The smallest absolute Gasteiger partial charge is 0.0540 e. The van der Waals surface area contributed by atoms with Crippen LogP contribution in [-0.4, -0.2) is 22.4 Å². The number of rotatable bonds is 4. The Morgan fingerprint density at radius 3 is 1.42 bits per heavy atom. The van der Waals surface area contributed by atoms with Crippen LogP contribution in [0.4, 0.5) is 0 Å². The monoisotopic (exact) mass is 268 g/mol. The molecular weight excluding hydrogens is 236 g/mol. The van der Waals surface area contributed by atoms with E-state index in [-0.39, 0.29) is 12.2 Å². The molecule has 2 rings (SSSR count). The van der Waals surface area contributed by atoms with Crippen LogP contribution in [0, 0.1) is 23.7 Å². The topological polar surface area (TPSA) is 40.5 Å². The zero-order chi connectivity index (χ0) is 13.8. The molecule has 0 spiro atoms. The van der Waals surface area contributed by atoms with Crippen molar-refractivity contribution in [2.75, 3.05) is 0 Å². The highest BCUT2D eigenvalue weighted by atomic mass is 16.3. The molecule has 0 saturated heterocycles. The average Bonchev–Trinajstić information content (AvgIpc) is 2.38. The SMILES string of the molecule is CC(C)CC(C1CCC(O)CC1)C1CCC(O)CC1. The summed E-state index contributed by atoms with van der Waals surface area (Å²) >= 11 is 0. The van der Waals surface area contributed by atoms with Gasteiger partial charge in [0.25, 0.3) is 0 Å². The molecule has 0 atom stereocenters. The first-order valence-electron chi connectivity index (χ1n) is 8.42. The van der Waals surface area contributed by atoms with Crippen LogP contribution >= 0.6 is 0 Å². The minimum absolute atomic E-state index is 0.0378. The van der Waals surface area contributed by atoms with Gasteiger partial charge >= 0.3 is 0 Å². The second-order valence-corrected chi connectivity index (χ2v) is 7.43. The lowest BCUT2D eigenvalue weighted by Gasteiger charge is -2.40. The van der Waals surface area contributed by atoms with Crippen molar-refractivity contribution in [3.05, 3.63) is 0 Å². The first-order valence-corrected chi connectivity index (χ1v) is 8.42. The molecule has 112 valence electrons. The van der Waals surface area contributed by atoms with Gasteiger partial charge in [-0.2, -0.15) is 0 Å². The van der Waals surface area contributed by atoms with Crippen LogP contribution in [-0.2, 0) is 0 Å². The fraction of sp³-hybridized carbons (Fsp3) is 1.00. The molecule has 0 aliphatic heterocycles. The summed E-state index contributed by atoms with van der Waals surface area (Å²) in [6.45, 7) is 4.67. The van der Waals surface area contributed by atoms with Crippen LogP contribution in [0.5, 0.6) is 0 Å². The first-order chi connectivity index (χ1) is 9.06. The minimum atomic E-state index is -0.0378. The maximum atomic E-state index is 9.70. The maximum absolute atomic E-state index is 9.70. The Labute approximate surface area is 118 Å². The van der Waals surface area contributed by atoms with E-state index in [0.717, 1.165) is 49.4 Å². The van der Waals surface area contributed by atoms with E-state index in [1.54, 1.807) is 0 Å². The Hall–Kier alpha value is -0.0800. The summed E-state index contributed by atoms with van der Waals surface area (Å²) in [6.07, 6.45) is 10.2. The molecule has 2 aliphatic carbocycles. The van der Waals surface area contributed by atoms with Crippen LogP contribution in [0.15, 0.2) is 0 Å².